The molecule has 0 aliphatic heterocycles. The van der Waals surface area contributed by atoms with Gasteiger partial charge in [0.2, 0.25) is 5.82 Å². The van der Waals surface area contributed by atoms with E-state index in [1.807, 2.05) is 35.7 Å². The van der Waals surface area contributed by atoms with Crippen LogP contribution < -0.4 is 0 Å². The molecule has 0 fully saturated rings. The van der Waals surface area contributed by atoms with E-state index in [2.05, 4.69) is 20.2 Å². The number of halogens is 3. The van der Waals surface area contributed by atoms with Crippen molar-refractivity contribution in [1.82, 2.24) is 24.7 Å². The van der Waals surface area contributed by atoms with E-state index in [1.165, 1.54) is 24.7 Å². The molecule has 0 unspecified atom stereocenters. The van der Waals surface area contributed by atoms with Gasteiger partial charge in [-0.15, -0.1) is 21.5 Å². The Morgan fingerprint density at radius 3 is 2.54 bits per heavy atom. The molecule has 0 bridgehead atoms. The summed E-state index contributed by atoms with van der Waals surface area (Å²) in [7, 11) is 1.29. The smallest absolute Gasteiger partial charge is 0.301 e. The van der Waals surface area contributed by atoms with E-state index in [0.717, 1.165) is 37.7 Å². The van der Waals surface area contributed by atoms with Crippen LogP contribution in [0.5, 0.6) is 0 Å². The van der Waals surface area contributed by atoms with E-state index in [-0.39, 0.29) is 5.16 Å². The molecule has 0 spiro atoms. The molecule has 4 rings (SSSR count). The highest BCUT2D eigenvalue weighted by Crippen LogP contribution is 2.40. The van der Waals surface area contributed by atoms with E-state index < -0.39 is 12.0 Å². The van der Waals surface area contributed by atoms with E-state index in [9.17, 15) is 13.2 Å². The molecular weight excluding hydrogens is 383 g/mol. The molecule has 0 aliphatic carbocycles. The minimum atomic E-state index is -4.56. The number of rotatable bonds is 3. The maximum atomic E-state index is 12.9. The predicted molar refractivity (Wildman–Crippen MR) is 93.0 cm³/mol. The van der Waals surface area contributed by atoms with Crippen LogP contribution in [0.4, 0.5) is 13.2 Å². The largest absolute Gasteiger partial charge is 0.451 e. The molecule has 0 saturated heterocycles. The molecule has 0 amide bonds. The van der Waals surface area contributed by atoms with Crippen LogP contribution in [0, 0.1) is 0 Å². The fraction of sp³-hybridized carbons (Fsp3) is 0.125. The first-order valence-electron chi connectivity index (χ1n) is 7.37. The zero-order valence-electron chi connectivity index (χ0n) is 13.2. The molecule has 0 N–H and O–H groups in total. The average Bonchev–Trinajstić information content (AvgIpc) is 3.20. The SMILES string of the molecule is Cn1c(Sc2ncnc3scc(-c4ccccc4)c23)nnc1C(F)(F)F. The molecule has 10 heteroatoms. The normalized spacial score (nSPS) is 12.0. The van der Waals surface area contributed by atoms with Crippen LogP contribution in [0.2, 0.25) is 0 Å². The Labute approximate surface area is 153 Å². The quantitative estimate of drug-likeness (QED) is 0.474. The van der Waals surface area contributed by atoms with Gasteiger partial charge in [-0.05, 0) is 17.3 Å². The van der Waals surface area contributed by atoms with Gasteiger partial charge in [-0.3, -0.25) is 0 Å². The van der Waals surface area contributed by atoms with Gasteiger partial charge in [0.15, 0.2) is 5.16 Å². The van der Waals surface area contributed by atoms with Crippen molar-refractivity contribution < 1.29 is 13.2 Å². The standard InChI is InChI=1S/C16H10F3N5S2/c1-24-14(16(17,18)19)22-23-15(24)26-13-11-10(9-5-3-2-4-6-9)7-25-12(11)20-8-21-13/h2-8H,1H3. The second-order valence-electron chi connectivity index (χ2n) is 5.34. The fourth-order valence-corrected chi connectivity index (χ4v) is 4.36. The molecule has 3 heterocycles. The van der Waals surface area contributed by atoms with Crippen LogP contribution in [0.3, 0.4) is 0 Å². The Bertz CT molecular complexity index is 1070. The van der Waals surface area contributed by atoms with Crippen molar-refractivity contribution in [2.75, 3.05) is 0 Å². The predicted octanol–water partition coefficient (Wildman–Crippen LogP) is 4.66. The van der Waals surface area contributed by atoms with E-state index >= 15 is 0 Å². The lowest BCUT2D eigenvalue weighted by Gasteiger charge is -2.07. The van der Waals surface area contributed by atoms with E-state index in [0.29, 0.717) is 5.03 Å². The lowest BCUT2D eigenvalue weighted by molar-refractivity contribution is -0.147. The Morgan fingerprint density at radius 1 is 1.08 bits per heavy atom. The summed E-state index contributed by atoms with van der Waals surface area (Å²) in [6.45, 7) is 0. The second kappa shape index (κ2) is 6.36. The van der Waals surface area contributed by atoms with Crippen molar-refractivity contribution in [3.63, 3.8) is 0 Å². The van der Waals surface area contributed by atoms with Crippen LogP contribution in [0.15, 0.2) is 52.2 Å². The summed E-state index contributed by atoms with van der Waals surface area (Å²) in [4.78, 5) is 9.30. The summed E-state index contributed by atoms with van der Waals surface area (Å²) in [5, 5.41) is 10.3. The third kappa shape index (κ3) is 2.95. The first-order valence-corrected chi connectivity index (χ1v) is 9.07. The van der Waals surface area contributed by atoms with Crippen molar-refractivity contribution in [2.45, 2.75) is 16.4 Å². The zero-order chi connectivity index (χ0) is 18.3. The summed E-state index contributed by atoms with van der Waals surface area (Å²) in [5.41, 5.74) is 1.93. The third-order valence-electron chi connectivity index (χ3n) is 3.70. The Hall–Kier alpha value is -2.46. The molecule has 1 aromatic carbocycles. The summed E-state index contributed by atoms with van der Waals surface area (Å²) in [6, 6.07) is 9.70. The van der Waals surface area contributed by atoms with Gasteiger partial charge in [-0.1, -0.05) is 30.3 Å². The maximum Gasteiger partial charge on any atom is 0.451 e. The topological polar surface area (TPSA) is 56.5 Å². The lowest BCUT2D eigenvalue weighted by Crippen LogP contribution is -2.12. The average molecular weight is 393 g/mol. The minimum absolute atomic E-state index is 0.113. The third-order valence-corrected chi connectivity index (χ3v) is 5.62. The van der Waals surface area contributed by atoms with E-state index in [1.54, 1.807) is 0 Å². The van der Waals surface area contributed by atoms with Gasteiger partial charge < -0.3 is 4.57 Å². The first-order chi connectivity index (χ1) is 12.4. The molecular formula is C16H10F3N5S2. The van der Waals surface area contributed by atoms with Gasteiger partial charge in [0.25, 0.3) is 0 Å². The van der Waals surface area contributed by atoms with Crippen molar-refractivity contribution in [3.05, 3.63) is 47.9 Å². The molecule has 26 heavy (non-hydrogen) atoms. The number of benzene rings is 1. The number of thiophene rings is 1. The van der Waals surface area contributed by atoms with E-state index in [4.69, 9.17) is 0 Å². The van der Waals surface area contributed by atoms with Crippen molar-refractivity contribution in [3.8, 4) is 11.1 Å². The van der Waals surface area contributed by atoms with Crippen molar-refractivity contribution in [1.29, 1.82) is 0 Å². The molecule has 0 aliphatic rings. The van der Waals surface area contributed by atoms with Gasteiger partial charge in [-0.25, -0.2) is 9.97 Å². The fourth-order valence-electron chi connectivity index (χ4n) is 2.49. The number of nitrogens with zero attached hydrogens (tertiary/aromatic N) is 5. The Balaban J connectivity index is 1.81. The molecule has 3 aromatic heterocycles. The van der Waals surface area contributed by atoms with Gasteiger partial charge >= 0.3 is 6.18 Å². The van der Waals surface area contributed by atoms with Gasteiger partial charge in [0.05, 0.1) is 5.39 Å². The summed E-state index contributed by atoms with van der Waals surface area (Å²) in [5.74, 6) is -1.04. The monoisotopic (exact) mass is 393 g/mol. The molecule has 5 nitrogen and oxygen atoms in total. The molecule has 132 valence electrons. The maximum absolute atomic E-state index is 12.9. The second-order valence-corrected chi connectivity index (χ2v) is 7.15. The highest BCUT2D eigenvalue weighted by Gasteiger charge is 2.37. The van der Waals surface area contributed by atoms with Gasteiger partial charge in [0, 0.05) is 18.0 Å². The summed E-state index contributed by atoms with van der Waals surface area (Å²) in [6.07, 6.45) is -3.16. The van der Waals surface area contributed by atoms with Crippen molar-refractivity contribution in [2.24, 2.45) is 7.05 Å². The number of alkyl halides is 3. The zero-order valence-corrected chi connectivity index (χ0v) is 14.9. The molecule has 0 atom stereocenters. The van der Waals surface area contributed by atoms with Crippen LogP contribution >= 0.6 is 23.1 Å². The van der Waals surface area contributed by atoms with Crippen LogP contribution in [-0.4, -0.2) is 24.7 Å². The van der Waals surface area contributed by atoms with Crippen LogP contribution in [0.25, 0.3) is 21.3 Å². The molecule has 0 radical (unpaired) electrons. The Morgan fingerprint density at radius 2 is 1.85 bits per heavy atom. The number of hydrogen-bond acceptors (Lipinski definition) is 6. The van der Waals surface area contributed by atoms with Crippen LogP contribution in [-0.2, 0) is 13.2 Å². The Kier molecular flexibility index (Phi) is 4.16. The lowest BCUT2D eigenvalue weighted by atomic mass is 10.1. The number of hydrogen-bond donors (Lipinski definition) is 0. The van der Waals surface area contributed by atoms with Crippen molar-refractivity contribution >= 4 is 33.3 Å². The van der Waals surface area contributed by atoms with Crippen LogP contribution in [0.1, 0.15) is 5.82 Å². The molecule has 0 saturated carbocycles. The number of aromatic nitrogens is 5. The van der Waals surface area contributed by atoms with Gasteiger partial charge in [0.1, 0.15) is 16.2 Å². The van der Waals surface area contributed by atoms with Gasteiger partial charge in [-0.2, -0.15) is 13.2 Å². The molecule has 4 aromatic rings. The highest BCUT2D eigenvalue weighted by atomic mass is 32.2. The number of fused-ring (bicyclic) bond motifs is 1. The summed E-state index contributed by atoms with van der Waals surface area (Å²) < 4.78 is 39.7. The highest BCUT2D eigenvalue weighted by molar-refractivity contribution is 7.99. The first kappa shape index (κ1) is 17.0. The summed E-state index contributed by atoms with van der Waals surface area (Å²) >= 11 is 2.50. The minimum Gasteiger partial charge on any atom is -0.301 e.